The van der Waals surface area contributed by atoms with Crippen molar-refractivity contribution in [2.75, 3.05) is 18.1 Å². The molecule has 8 heteroatoms. The van der Waals surface area contributed by atoms with Gasteiger partial charge >= 0.3 is 6.09 Å². The van der Waals surface area contributed by atoms with Crippen molar-refractivity contribution in [2.45, 2.75) is 19.1 Å². The van der Waals surface area contributed by atoms with Gasteiger partial charge in [-0.25, -0.2) is 9.78 Å². The average molecular weight is 364 g/mol. The Kier molecular flexibility index (Phi) is 4.12. The second-order valence-electron chi connectivity index (χ2n) is 6.33. The van der Waals surface area contributed by atoms with Crippen LogP contribution < -0.4 is 15.0 Å². The lowest BCUT2D eigenvalue weighted by atomic mass is 10.0. The van der Waals surface area contributed by atoms with Gasteiger partial charge in [-0.1, -0.05) is 6.07 Å². The number of hydrogen-bond donors (Lipinski definition) is 1. The fourth-order valence-electron chi connectivity index (χ4n) is 3.26. The number of amides is 2. The number of pyridine rings is 1. The highest BCUT2D eigenvalue weighted by Gasteiger charge is 2.46. The molecule has 136 valence electrons. The molecule has 1 N–H and O–H groups in total. The van der Waals surface area contributed by atoms with Crippen molar-refractivity contribution in [3.63, 3.8) is 0 Å². The molecule has 1 saturated heterocycles. The average Bonchev–Trinajstić information content (AvgIpc) is 3.02. The Labute approximate surface area is 155 Å². The zero-order valence-electron chi connectivity index (χ0n) is 14.5. The van der Waals surface area contributed by atoms with Gasteiger partial charge in [-0.3, -0.25) is 9.69 Å². The lowest BCUT2D eigenvalue weighted by molar-refractivity contribution is -0.119. The number of carbonyl (C=O) groups excluding carboxylic acids is 2. The Balaban J connectivity index is 1.60. The number of anilines is 1. The van der Waals surface area contributed by atoms with Crippen molar-refractivity contribution in [1.82, 2.24) is 10.3 Å². The first-order chi connectivity index (χ1) is 13.1. The number of rotatable bonds is 3. The molecule has 0 aliphatic carbocycles. The summed E-state index contributed by atoms with van der Waals surface area (Å²) in [4.78, 5) is 29.1. The van der Waals surface area contributed by atoms with Gasteiger partial charge in [0.1, 0.15) is 36.3 Å². The molecule has 2 aliphatic rings. The molecule has 2 atom stereocenters. The first-order valence-electron chi connectivity index (χ1n) is 8.44. The van der Waals surface area contributed by atoms with Crippen molar-refractivity contribution in [1.29, 1.82) is 5.26 Å². The maximum atomic E-state index is 12.3. The van der Waals surface area contributed by atoms with E-state index in [1.54, 1.807) is 23.2 Å². The summed E-state index contributed by atoms with van der Waals surface area (Å²) in [6.07, 6.45) is 0.712. The second-order valence-corrected chi connectivity index (χ2v) is 6.33. The number of ether oxygens (including phenoxy) is 2. The van der Waals surface area contributed by atoms with Crippen molar-refractivity contribution in [2.24, 2.45) is 0 Å². The molecule has 2 amide bonds. The second kappa shape index (κ2) is 6.61. The van der Waals surface area contributed by atoms with E-state index in [1.807, 2.05) is 24.3 Å². The normalized spacial score (nSPS) is 20.0. The number of fused-ring (bicyclic) bond motifs is 3. The fourth-order valence-corrected chi connectivity index (χ4v) is 3.26. The van der Waals surface area contributed by atoms with Crippen molar-refractivity contribution in [3.8, 4) is 22.9 Å². The summed E-state index contributed by atoms with van der Waals surface area (Å²) < 4.78 is 11.3. The summed E-state index contributed by atoms with van der Waals surface area (Å²) >= 11 is 0. The van der Waals surface area contributed by atoms with E-state index in [4.69, 9.17) is 14.7 Å². The topological polar surface area (TPSA) is 105 Å². The molecule has 0 radical (unpaired) electrons. The summed E-state index contributed by atoms with van der Waals surface area (Å²) in [6.45, 7) is 1.94. The fraction of sp³-hybridized carbons (Fsp3) is 0.263. The van der Waals surface area contributed by atoms with Crippen LogP contribution in [0.4, 0.5) is 10.5 Å². The van der Waals surface area contributed by atoms with Crippen LogP contribution in [0.2, 0.25) is 0 Å². The van der Waals surface area contributed by atoms with E-state index in [-0.39, 0.29) is 25.1 Å². The van der Waals surface area contributed by atoms with Crippen LogP contribution in [-0.2, 0) is 9.53 Å². The first-order valence-corrected chi connectivity index (χ1v) is 8.44. The van der Waals surface area contributed by atoms with Crippen LogP contribution in [-0.4, -0.2) is 42.3 Å². The summed E-state index contributed by atoms with van der Waals surface area (Å²) in [5, 5.41) is 11.5. The molecule has 0 bridgehead atoms. The van der Waals surface area contributed by atoms with E-state index < -0.39 is 12.2 Å². The predicted octanol–water partition coefficient (Wildman–Crippen LogP) is 1.84. The number of hydrogen-bond acceptors (Lipinski definition) is 6. The number of nitrogens with zero attached hydrogens (tertiary/aromatic N) is 3. The highest BCUT2D eigenvalue weighted by atomic mass is 16.6. The van der Waals surface area contributed by atoms with Crippen molar-refractivity contribution < 1.29 is 19.1 Å². The number of benzene rings is 1. The minimum Gasteiger partial charge on any atom is -0.489 e. The van der Waals surface area contributed by atoms with E-state index in [0.29, 0.717) is 17.1 Å². The zero-order valence-corrected chi connectivity index (χ0v) is 14.5. The maximum Gasteiger partial charge on any atom is 0.415 e. The lowest BCUT2D eigenvalue weighted by Crippen LogP contribution is -2.47. The molecule has 27 heavy (non-hydrogen) atoms. The summed E-state index contributed by atoms with van der Waals surface area (Å²) in [7, 11) is 0. The molecular weight excluding hydrogens is 348 g/mol. The largest absolute Gasteiger partial charge is 0.489 e. The summed E-state index contributed by atoms with van der Waals surface area (Å²) in [6, 6.07) is 10.7. The highest BCUT2D eigenvalue weighted by Crippen LogP contribution is 2.40. The van der Waals surface area contributed by atoms with Crippen LogP contribution in [0.3, 0.4) is 0 Å². The number of nitriles is 1. The number of cyclic esters (lactones) is 1. The molecule has 0 unspecified atom stereocenters. The zero-order chi connectivity index (χ0) is 19.0. The van der Waals surface area contributed by atoms with Gasteiger partial charge in [0.05, 0.1) is 12.2 Å². The molecule has 2 aliphatic heterocycles. The molecule has 1 aromatic heterocycles. The molecule has 2 aromatic rings. The molecule has 4 rings (SSSR count). The number of carbonyl (C=O) groups is 2. The third-order valence-electron chi connectivity index (χ3n) is 4.60. The van der Waals surface area contributed by atoms with Gasteiger partial charge in [0, 0.05) is 18.7 Å². The predicted molar refractivity (Wildman–Crippen MR) is 95.1 cm³/mol. The SMILES string of the molecule is CC(=O)NC[C@@H]1OC(=O)N2c3ccc(-c4ccc(C#N)nc4)cc3OC[C@@H]12. The Hall–Kier alpha value is -3.60. The van der Waals surface area contributed by atoms with Crippen molar-refractivity contribution in [3.05, 3.63) is 42.2 Å². The molecular formula is C19H16N4O4. The quantitative estimate of drug-likeness (QED) is 0.891. The smallest absolute Gasteiger partial charge is 0.415 e. The Bertz CT molecular complexity index is 951. The van der Waals surface area contributed by atoms with Gasteiger partial charge in [0.25, 0.3) is 0 Å². The van der Waals surface area contributed by atoms with E-state index in [0.717, 1.165) is 11.1 Å². The molecule has 8 nitrogen and oxygen atoms in total. The van der Waals surface area contributed by atoms with Gasteiger partial charge in [-0.05, 0) is 29.8 Å². The summed E-state index contributed by atoms with van der Waals surface area (Å²) in [5.41, 5.74) is 2.69. The highest BCUT2D eigenvalue weighted by molar-refractivity contribution is 5.94. The number of aromatic nitrogens is 1. The third-order valence-corrected chi connectivity index (χ3v) is 4.60. The summed E-state index contributed by atoms with van der Waals surface area (Å²) in [5.74, 6) is 0.396. The van der Waals surface area contributed by atoms with Crippen LogP contribution in [0.1, 0.15) is 12.6 Å². The van der Waals surface area contributed by atoms with Gasteiger partial charge in [0.15, 0.2) is 0 Å². The number of nitrogens with one attached hydrogen (secondary N) is 1. The van der Waals surface area contributed by atoms with Crippen molar-refractivity contribution >= 4 is 17.7 Å². The minimum absolute atomic E-state index is 0.178. The van der Waals surface area contributed by atoms with Gasteiger partial charge in [0.2, 0.25) is 5.91 Å². The Morgan fingerprint density at radius 3 is 2.89 bits per heavy atom. The molecule has 0 saturated carbocycles. The maximum absolute atomic E-state index is 12.3. The van der Waals surface area contributed by atoms with Gasteiger partial charge < -0.3 is 14.8 Å². The van der Waals surface area contributed by atoms with Crippen LogP contribution in [0.15, 0.2) is 36.5 Å². The van der Waals surface area contributed by atoms with Gasteiger partial charge in [-0.15, -0.1) is 0 Å². The van der Waals surface area contributed by atoms with Gasteiger partial charge in [-0.2, -0.15) is 5.26 Å². The lowest BCUT2D eigenvalue weighted by Gasteiger charge is -2.31. The molecule has 3 heterocycles. The van der Waals surface area contributed by atoms with Crippen LogP contribution in [0.5, 0.6) is 5.75 Å². The molecule has 0 spiro atoms. The monoisotopic (exact) mass is 364 g/mol. The third kappa shape index (κ3) is 3.04. The van der Waals surface area contributed by atoms with Crippen LogP contribution in [0, 0.1) is 11.3 Å². The minimum atomic E-state index is -0.461. The molecule has 1 fully saturated rings. The molecule has 1 aromatic carbocycles. The van der Waals surface area contributed by atoms with E-state index in [2.05, 4.69) is 10.3 Å². The van der Waals surface area contributed by atoms with E-state index >= 15 is 0 Å². The van der Waals surface area contributed by atoms with E-state index in [9.17, 15) is 9.59 Å². The first kappa shape index (κ1) is 16.8. The van der Waals surface area contributed by atoms with Crippen LogP contribution in [0.25, 0.3) is 11.1 Å². The Morgan fingerprint density at radius 2 is 2.19 bits per heavy atom. The van der Waals surface area contributed by atoms with E-state index in [1.165, 1.54) is 6.92 Å². The standard InChI is InChI=1S/C19H16N4O4/c1-11(24)21-9-18-16-10-26-17-6-12(13-2-4-14(7-20)22-8-13)3-5-15(17)23(16)19(25)27-18/h2-6,8,16,18H,9-10H2,1H3,(H,21,24)/t16-,18-/m0/s1. The van der Waals surface area contributed by atoms with Crippen LogP contribution >= 0.6 is 0 Å². The Morgan fingerprint density at radius 1 is 1.37 bits per heavy atom.